The van der Waals surface area contributed by atoms with E-state index in [0.717, 1.165) is 31.7 Å². The molecule has 0 radical (unpaired) electrons. The molecule has 96 valence electrons. The van der Waals surface area contributed by atoms with E-state index in [1.54, 1.807) is 7.11 Å². The van der Waals surface area contributed by atoms with E-state index in [9.17, 15) is 5.26 Å². The number of nitriles is 1. The summed E-state index contributed by atoms with van der Waals surface area (Å²) in [6.07, 6.45) is 3.27. The first-order chi connectivity index (χ1) is 8.69. The van der Waals surface area contributed by atoms with Gasteiger partial charge in [-0.05, 0) is 26.0 Å². The van der Waals surface area contributed by atoms with E-state index in [4.69, 9.17) is 4.74 Å². The van der Waals surface area contributed by atoms with Crippen LogP contribution in [0, 0.1) is 16.7 Å². The smallest absolute Gasteiger partial charge is 0.123 e. The summed E-state index contributed by atoms with van der Waals surface area (Å²) in [5.41, 5.74) is 1.08. The molecule has 0 bridgehead atoms. The molecule has 0 aromatic heterocycles. The third kappa shape index (κ3) is 2.65. The first-order valence-electron chi connectivity index (χ1n) is 6.41. The molecule has 0 saturated heterocycles. The van der Waals surface area contributed by atoms with Crippen LogP contribution in [0.15, 0.2) is 24.3 Å². The summed E-state index contributed by atoms with van der Waals surface area (Å²) in [4.78, 5) is 2.22. The lowest BCUT2D eigenvalue weighted by molar-refractivity contribution is 0.133. The Morgan fingerprint density at radius 2 is 2.11 bits per heavy atom. The maximum Gasteiger partial charge on any atom is 0.123 e. The summed E-state index contributed by atoms with van der Waals surface area (Å²) in [6.45, 7) is 1.68. The molecule has 1 aliphatic carbocycles. The second-order valence-corrected chi connectivity index (χ2v) is 5.23. The van der Waals surface area contributed by atoms with Gasteiger partial charge in [0.25, 0.3) is 0 Å². The third-order valence-electron chi connectivity index (χ3n) is 3.75. The minimum Gasteiger partial charge on any atom is -0.496 e. The summed E-state index contributed by atoms with van der Waals surface area (Å²) in [5.74, 6) is 0.920. The monoisotopic (exact) mass is 244 g/mol. The van der Waals surface area contributed by atoms with Crippen LogP contribution in [0.2, 0.25) is 0 Å². The van der Waals surface area contributed by atoms with Gasteiger partial charge in [0.15, 0.2) is 0 Å². The lowest BCUT2D eigenvalue weighted by Gasteiger charge is -2.38. The number of benzene rings is 1. The molecule has 0 aliphatic heterocycles. The van der Waals surface area contributed by atoms with Gasteiger partial charge >= 0.3 is 0 Å². The van der Waals surface area contributed by atoms with E-state index < -0.39 is 0 Å². The van der Waals surface area contributed by atoms with E-state index in [1.807, 2.05) is 18.2 Å². The highest BCUT2D eigenvalue weighted by Gasteiger charge is 2.38. The van der Waals surface area contributed by atoms with E-state index in [1.165, 1.54) is 12.0 Å². The predicted octanol–water partition coefficient (Wildman–Crippen LogP) is 2.82. The van der Waals surface area contributed by atoms with Crippen molar-refractivity contribution in [2.75, 3.05) is 20.7 Å². The zero-order valence-electron chi connectivity index (χ0n) is 11.1. The summed E-state index contributed by atoms with van der Waals surface area (Å²) in [5, 5.41) is 9.25. The largest absolute Gasteiger partial charge is 0.496 e. The molecular formula is C15H20N2O. The van der Waals surface area contributed by atoms with Gasteiger partial charge in [-0.2, -0.15) is 5.26 Å². The normalized spacial score (nSPS) is 17.0. The maximum absolute atomic E-state index is 9.25. The standard InChI is InChI=1S/C15H20N2O/c1-17(12-15(11-16)8-5-9-15)10-13-6-3-4-7-14(13)18-2/h3-4,6-7H,5,8-10,12H2,1-2H3. The Labute approximate surface area is 109 Å². The number of ether oxygens (including phenoxy) is 1. The maximum atomic E-state index is 9.25. The second kappa shape index (κ2) is 5.41. The molecule has 3 heteroatoms. The first-order valence-corrected chi connectivity index (χ1v) is 6.41. The quantitative estimate of drug-likeness (QED) is 0.799. The fourth-order valence-electron chi connectivity index (χ4n) is 2.61. The molecule has 1 aromatic carbocycles. The molecule has 0 unspecified atom stereocenters. The number of hydrogen-bond acceptors (Lipinski definition) is 3. The molecule has 1 saturated carbocycles. The predicted molar refractivity (Wildman–Crippen MR) is 71.2 cm³/mol. The molecule has 0 amide bonds. The Morgan fingerprint density at radius 1 is 1.39 bits per heavy atom. The highest BCUT2D eigenvalue weighted by Crippen LogP contribution is 2.40. The molecule has 0 heterocycles. The zero-order valence-corrected chi connectivity index (χ0v) is 11.1. The van der Waals surface area contributed by atoms with Gasteiger partial charge in [0.2, 0.25) is 0 Å². The van der Waals surface area contributed by atoms with Crippen LogP contribution in [-0.2, 0) is 6.54 Å². The van der Waals surface area contributed by atoms with Gasteiger partial charge in [-0.25, -0.2) is 0 Å². The molecule has 0 N–H and O–H groups in total. The summed E-state index contributed by atoms with van der Waals surface area (Å²) >= 11 is 0. The molecule has 1 aliphatic rings. The summed E-state index contributed by atoms with van der Waals surface area (Å²) < 4.78 is 5.35. The van der Waals surface area contributed by atoms with Crippen LogP contribution in [0.4, 0.5) is 0 Å². The highest BCUT2D eigenvalue weighted by molar-refractivity contribution is 5.33. The molecule has 0 spiro atoms. The van der Waals surface area contributed by atoms with Crippen molar-refractivity contribution < 1.29 is 4.74 Å². The summed E-state index contributed by atoms with van der Waals surface area (Å²) in [6, 6.07) is 10.5. The van der Waals surface area contributed by atoms with Crippen molar-refractivity contribution >= 4 is 0 Å². The minimum atomic E-state index is -0.100. The Bertz CT molecular complexity index is 446. The fraction of sp³-hybridized carbons (Fsp3) is 0.533. The molecule has 18 heavy (non-hydrogen) atoms. The van der Waals surface area contributed by atoms with Crippen molar-refractivity contribution in [3.05, 3.63) is 29.8 Å². The number of rotatable bonds is 5. The molecule has 1 fully saturated rings. The van der Waals surface area contributed by atoms with Gasteiger partial charge in [-0.15, -0.1) is 0 Å². The van der Waals surface area contributed by atoms with E-state index in [0.29, 0.717) is 0 Å². The summed E-state index contributed by atoms with van der Waals surface area (Å²) in [7, 11) is 3.77. The van der Waals surface area contributed by atoms with Crippen molar-refractivity contribution in [2.45, 2.75) is 25.8 Å². The van der Waals surface area contributed by atoms with Crippen LogP contribution < -0.4 is 4.74 Å². The van der Waals surface area contributed by atoms with E-state index in [2.05, 4.69) is 24.1 Å². The van der Waals surface area contributed by atoms with Gasteiger partial charge in [0.1, 0.15) is 5.75 Å². The van der Waals surface area contributed by atoms with Gasteiger partial charge in [-0.1, -0.05) is 24.6 Å². The van der Waals surface area contributed by atoms with Crippen molar-refractivity contribution in [1.82, 2.24) is 4.90 Å². The Morgan fingerprint density at radius 3 is 2.67 bits per heavy atom. The van der Waals surface area contributed by atoms with Gasteiger partial charge in [0.05, 0.1) is 18.6 Å². The van der Waals surface area contributed by atoms with Crippen molar-refractivity contribution in [3.63, 3.8) is 0 Å². The van der Waals surface area contributed by atoms with Crippen molar-refractivity contribution in [3.8, 4) is 11.8 Å². The number of nitrogens with zero attached hydrogens (tertiary/aromatic N) is 2. The van der Waals surface area contributed by atoms with Crippen LogP contribution in [0.25, 0.3) is 0 Å². The Balaban J connectivity index is 1.99. The number of hydrogen-bond donors (Lipinski definition) is 0. The molecule has 0 atom stereocenters. The first kappa shape index (κ1) is 12.9. The molecule has 2 rings (SSSR count). The van der Waals surface area contributed by atoms with E-state index in [-0.39, 0.29) is 5.41 Å². The van der Waals surface area contributed by atoms with Crippen LogP contribution >= 0.6 is 0 Å². The molecular weight excluding hydrogens is 224 g/mol. The average molecular weight is 244 g/mol. The highest BCUT2D eigenvalue weighted by atomic mass is 16.5. The average Bonchev–Trinajstić information content (AvgIpc) is 2.34. The van der Waals surface area contributed by atoms with E-state index >= 15 is 0 Å². The third-order valence-corrected chi connectivity index (χ3v) is 3.75. The number of methoxy groups -OCH3 is 1. The molecule has 1 aromatic rings. The molecule has 3 nitrogen and oxygen atoms in total. The fourth-order valence-corrected chi connectivity index (χ4v) is 2.61. The Hall–Kier alpha value is -1.53. The van der Waals surface area contributed by atoms with Gasteiger partial charge in [-0.3, -0.25) is 0 Å². The number of para-hydroxylation sites is 1. The van der Waals surface area contributed by atoms with Crippen molar-refractivity contribution in [1.29, 1.82) is 5.26 Å². The van der Waals surface area contributed by atoms with Crippen LogP contribution in [0.5, 0.6) is 5.75 Å². The van der Waals surface area contributed by atoms with Crippen LogP contribution in [0.3, 0.4) is 0 Å². The minimum absolute atomic E-state index is 0.100. The lowest BCUT2D eigenvalue weighted by atomic mass is 9.69. The van der Waals surface area contributed by atoms with Crippen LogP contribution in [-0.4, -0.2) is 25.6 Å². The Kier molecular flexibility index (Phi) is 3.88. The van der Waals surface area contributed by atoms with Gasteiger partial charge < -0.3 is 9.64 Å². The van der Waals surface area contributed by atoms with Crippen molar-refractivity contribution in [2.24, 2.45) is 5.41 Å². The van der Waals surface area contributed by atoms with Crippen LogP contribution in [0.1, 0.15) is 24.8 Å². The SMILES string of the molecule is COc1ccccc1CN(C)CC1(C#N)CCC1. The zero-order chi connectivity index (χ0) is 13.0. The lowest BCUT2D eigenvalue weighted by Crippen LogP contribution is -2.39. The topological polar surface area (TPSA) is 36.3 Å². The second-order valence-electron chi connectivity index (χ2n) is 5.23. The van der Waals surface area contributed by atoms with Gasteiger partial charge in [0, 0.05) is 18.7 Å².